The number of carbonyl (C=O) groups is 2. The summed E-state index contributed by atoms with van der Waals surface area (Å²) in [6.07, 6.45) is 2.26. The van der Waals surface area contributed by atoms with E-state index in [2.05, 4.69) is 20.5 Å². The quantitative estimate of drug-likeness (QED) is 0.559. The summed E-state index contributed by atoms with van der Waals surface area (Å²) < 4.78 is 20.9. The maximum atomic E-state index is 13.3. The Balaban J connectivity index is 1.71. The van der Waals surface area contributed by atoms with Crippen molar-refractivity contribution >= 4 is 27.7 Å². The predicted octanol–water partition coefficient (Wildman–Crippen LogP) is 4.38. The Bertz CT molecular complexity index is 824. The number of rotatable bonds is 5. The van der Waals surface area contributed by atoms with E-state index in [0.29, 0.717) is 16.1 Å². The van der Waals surface area contributed by atoms with Gasteiger partial charge in [-0.15, -0.1) is 0 Å². The lowest BCUT2D eigenvalue weighted by atomic mass is 10.1. The molecule has 126 valence electrons. The number of hydrogen-bond donors (Lipinski definition) is 0. The molecule has 0 amide bonds. The Morgan fingerprint density at radius 2 is 1.96 bits per heavy atom. The van der Waals surface area contributed by atoms with Crippen LogP contribution in [0.1, 0.15) is 51.0 Å². The molecular weight excluding hydrogens is 377 g/mol. The van der Waals surface area contributed by atoms with E-state index in [1.807, 2.05) is 19.9 Å². The van der Waals surface area contributed by atoms with Gasteiger partial charge in [0.15, 0.2) is 6.61 Å². The third kappa shape index (κ3) is 3.29. The van der Waals surface area contributed by atoms with Gasteiger partial charge in [0.05, 0.1) is 5.56 Å². The normalized spacial score (nSPS) is 13.8. The highest BCUT2D eigenvalue weighted by molar-refractivity contribution is 9.10. The highest BCUT2D eigenvalue weighted by atomic mass is 79.9. The van der Waals surface area contributed by atoms with Gasteiger partial charge in [-0.2, -0.15) is 0 Å². The summed E-state index contributed by atoms with van der Waals surface area (Å²) >= 11 is 3.17. The second-order valence-electron chi connectivity index (χ2n) is 6.01. The molecule has 0 atom stereocenters. The Morgan fingerprint density at radius 3 is 2.62 bits per heavy atom. The summed E-state index contributed by atoms with van der Waals surface area (Å²) in [5, 5.41) is 0. The zero-order valence-electron chi connectivity index (χ0n) is 13.4. The van der Waals surface area contributed by atoms with Crippen molar-refractivity contribution in [1.29, 1.82) is 0 Å². The van der Waals surface area contributed by atoms with E-state index >= 15 is 0 Å². The van der Waals surface area contributed by atoms with Crippen molar-refractivity contribution in [2.45, 2.75) is 32.7 Å². The average molecular weight is 394 g/mol. The molecule has 1 aliphatic carbocycles. The van der Waals surface area contributed by atoms with Crippen LogP contribution in [0.2, 0.25) is 0 Å². The number of esters is 1. The van der Waals surface area contributed by atoms with Gasteiger partial charge >= 0.3 is 5.97 Å². The highest BCUT2D eigenvalue weighted by Crippen LogP contribution is 2.38. The number of ketones is 1. The molecule has 4 nitrogen and oxygen atoms in total. The van der Waals surface area contributed by atoms with Crippen molar-refractivity contribution < 1.29 is 18.7 Å². The van der Waals surface area contributed by atoms with Crippen LogP contribution in [0.5, 0.6) is 0 Å². The van der Waals surface area contributed by atoms with Gasteiger partial charge in [0, 0.05) is 27.5 Å². The smallest absolute Gasteiger partial charge is 0.339 e. The van der Waals surface area contributed by atoms with Gasteiger partial charge in [-0.3, -0.25) is 4.79 Å². The minimum Gasteiger partial charge on any atom is -0.454 e. The van der Waals surface area contributed by atoms with Crippen LogP contribution in [0.3, 0.4) is 0 Å². The Hall–Kier alpha value is -1.95. The summed E-state index contributed by atoms with van der Waals surface area (Å²) in [6.45, 7) is 3.51. The first-order valence-electron chi connectivity index (χ1n) is 7.72. The van der Waals surface area contributed by atoms with Gasteiger partial charge in [0.25, 0.3) is 0 Å². The zero-order valence-corrected chi connectivity index (χ0v) is 15.0. The lowest BCUT2D eigenvalue weighted by Crippen LogP contribution is -2.15. The molecule has 0 N–H and O–H groups in total. The van der Waals surface area contributed by atoms with E-state index in [1.165, 1.54) is 12.1 Å². The van der Waals surface area contributed by atoms with Crippen LogP contribution in [0.15, 0.2) is 28.7 Å². The number of Topliss-reactive ketones (excluding diaryl/α,β-unsaturated/α-hetero) is 1. The third-order valence-electron chi connectivity index (χ3n) is 4.18. The SMILES string of the molecule is Cc1cc(C(=O)COC(=O)c2cc(F)ccc2Br)c(C)n1C1CC1. The van der Waals surface area contributed by atoms with Crippen LogP contribution >= 0.6 is 15.9 Å². The number of aryl methyl sites for hydroxylation is 1. The molecule has 1 aromatic heterocycles. The van der Waals surface area contributed by atoms with Gasteiger partial charge in [-0.05, 0) is 66.9 Å². The molecule has 0 saturated heterocycles. The standard InChI is InChI=1S/C18H17BrFNO3/c1-10-7-14(11(2)21(10)13-4-5-13)17(22)9-24-18(23)15-8-12(20)3-6-16(15)19/h3,6-8,13H,4-5,9H2,1-2H3. The lowest BCUT2D eigenvalue weighted by Gasteiger charge is -2.08. The number of halogens is 2. The Morgan fingerprint density at radius 1 is 1.25 bits per heavy atom. The first-order chi connectivity index (χ1) is 11.4. The summed E-state index contributed by atoms with van der Waals surface area (Å²) in [6, 6.07) is 6.06. The molecule has 0 radical (unpaired) electrons. The zero-order chi connectivity index (χ0) is 17.4. The molecule has 0 unspecified atom stereocenters. The van der Waals surface area contributed by atoms with Crippen molar-refractivity contribution in [3.63, 3.8) is 0 Å². The highest BCUT2D eigenvalue weighted by Gasteiger charge is 2.28. The van der Waals surface area contributed by atoms with E-state index in [1.54, 1.807) is 0 Å². The Kier molecular flexibility index (Phi) is 4.58. The monoisotopic (exact) mass is 393 g/mol. The first kappa shape index (κ1) is 16.9. The van der Waals surface area contributed by atoms with Crippen molar-refractivity contribution in [3.05, 3.63) is 57.1 Å². The van der Waals surface area contributed by atoms with Gasteiger partial charge < -0.3 is 9.30 Å². The number of carbonyl (C=O) groups excluding carboxylic acids is 2. The maximum absolute atomic E-state index is 13.3. The van der Waals surface area contributed by atoms with Crippen molar-refractivity contribution in [2.24, 2.45) is 0 Å². The number of benzene rings is 1. The molecule has 2 aromatic rings. The van der Waals surface area contributed by atoms with Crippen molar-refractivity contribution in [1.82, 2.24) is 4.57 Å². The van der Waals surface area contributed by atoms with E-state index in [-0.39, 0.29) is 18.0 Å². The lowest BCUT2D eigenvalue weighted by molar-refractivity contribution is 0.0473. The molecule has 1 fully saturated rings. The maximum Gasteiger partial charge on any atom is 0.339 e. The van der Waals surface area contributed by atoms with Crippen LogP contribution in [0.4, 0.5) is 4.39 Å². The summed E-state index contributed by atoms with van der Waals surface area (Å²) in [5.74, 6) is -1.52. The second kappa shape index (κ2) is 6.51. The average Bonchev–Trinajstić information content (AvgIpc) is 3.32. The molecular formula is C18H17BrFNO3. The number of ether oxygens (including phenoxy) is 1. The molecule has 0 aliphatic heterocycles. The minimum absolute atomic E-state index is 0.0613. The van der Waals surface area contributed by atoms with Gasteiger partial charge in [0.1, 0.15) is 5.82 Å². The van der Waals surface area contributed by atoms with Crippen LogP contribution in [-0.4, -0.2) is 22.9 Å². The summed E-state index contributed by atoms with van der Waals surface area (Å²) in [5.41, 5.74) is 2.58. The number of nitrogens with zero attached hydrogens (tertiary/aromatic N) is 1. The first-order valence-corrected chi connectivity index (χ1v) is 8.51. The fourth-order valence-corrected chi connectivity index (χ4v) is 3.30. The molecule has 1 saturated carbocycles. The van der Waals surface area contributed by atoms with Gasteiger partial charge in [-0.1, -0.05) is 0 Å². The number of aromatic nitrogens is 1. The third-order valence-corrected chi connectivity index (χ3v) is 4.87. The minimum atomic E-state index is -0.731. The fourth-order valence-electron chi connectivity index (χ4n) is 2.89. The molecule has 3 rings (SSSR count). The van der Waals surface area contributed by atoms with E-state index < -0.39 is 11.8 Å². The topological polar surface area (TPSA) is 48.3 Å². The van der Waals surface area contributed by atoms with E-state index in [0.717, 1.165) is 30.3 Å². The van der Waals surface area contributed by atoms with Crippen LogP contribution < -0.4 is 0 Å². The van der Waals surface area contributed by atoms with Crippen LogP contribution in [0.25, 0.3) is 0 Å². The van der Waals surface area contributed by atoms with Crippen molar-refractivity contribution in [3.8, 4) is 0 Å². The molecule has 24 heavy (non-hydrogen) atoms. The second-order valence-corrected chi connectivity index (χ2v) is 6.86. The molecule has 1 aliphatic rings. The molecule has 1 aromatic carbocycles. The molecule has 0 spiro atoms. The largest absolute Gasteiger partial charge is 0.454 e. The predicted molar refractivity (Wildman–Crippen MR) is 90.9 cm³/mol. The molecule has 0 bridgehead atoms. The Labute approximate surface area is 147 Å². The van der Waals surface area contributed by atoms with Gasteiger partial charge in [-0.25, -0.2) is 9.18 Å². The van der Waals surface area contributed by atoms with Crippen LogP contribution in [0, 0.1) is 19.7 Å². The van der Waals surface area contributed by atoms with Crippen LogP contribution in [-0.2, 0) is 4.74 Å². The van der Waals surface area contributed by atoms with E-state index in [4.69, 9.17) is 4.74 Å². The number of hydrogen-bond acceptors (Lipinski definition) is 3. The summed E-state index contributed by atoms with van der Waals surface area (Å²) in [7, 11) is 0. The van der Waals surface area contributed by atoms with Gasteiger partial charge in [0.2, 0.25) is 5.78 Å². The molecule has 1 heterocycles. The summed E-state index contributed by atoms with van der Waals surface area (Å²) in [4.78, 5) is 24.4. The van der Waals surface area contributed by atoms with E-state index in [9.17, 15) is 14.0 Å². The molecule has 6 heteroatoms. The fraction of sp³-hybridized carbons (Fsp3) is 0.333. The van der Waals surface area contributed by atoms with Crippen molar-refractivity contribution in [2.75, 3.05) is 6.61 Å².